The Labute approximate surface area is 93.8 Å². The Morgan fingerprint density at radius 3 is 2.47 bits per heavy atom. The summed E-state index contributed by atoms with van der Waals surface area (Å²) in [5, 5.41) is 3.57. The average Bonchev–Trinajstić information content (AvgIpc) is 2.25. The van der Waals surface area contributed by atoms with E-state index in [-0.39, 0.29) is 5.60 Å². The highest BCUT2D eigenvalue weighted by Crippen LogP contribution is 2.32. The smallest absolute Gasteiger partial charge is 0.0810 e. The minimum atomic E-state index is 0.194. The lowest BCUT2D eigenvalue weighted by Gasteiger charge is -2.43. The number of ether oxygens (including phenoxy) is 1. The van der Waals surface area contributed by atoms with Gasteiger partial charge in [0.1, 0.15) is 0 Å². The minimum Gasteiger partial charge on any atom is -0.369 e. The van der Waals surface area contributed by atoms with Crippen LogP contribution in [-0.4, -0.2) is 24.8 Å². The van der Waals surface area contributed by atoms with Gasteiger partial charge in [-0.15, -0.1) is 0 Å². The lowest BCUT2D eigenvalue weighted by atomic mass is 9.85. The summed E-state index contributed by atoms with van der Waals surface area (Å²) >= 11 is 0. The molecule has 1 heterocycles. The first-order valence-corrected chi connectivity index (χ1v) is 6.73. The van der Waals surface area contributed by atoms with Crippen molar-refractivity contribution in [2.75, 3.05) is 13.1 Å². The zero-order valence-electron chi connectivity index (χ0n) is 10.1. The van der Waals surface area contributed by atoms with Crippen molar-refractivity contribution in [3.63, 3.8) is 0 Å². The summed E-state index contributed by atoms with van der Waals surface area (Å²) in [6.07, 6.45) is 11.1. The van der Waals surface area contributed by atoms with E-state index in [1.54, 1.807) is 0 Å². The maximum Gasteiger partial charge on any atom is 0.0810 e. The Bertz CT molecular complexity index is 185. The highest BCUT2D eigenvalue weighted by molar-refractivity contribution is 4.89. The Kier molecular flexibility index (Phi) is 4.04. The zero-order chi connectivity index (χ0) is 10.6. The third-order valence-corrected chi connectivity index (χ3v) is 3.96. The van der Waals surface area contributed by atoms with Gasteiger partial charge in [0.05, 0.1) is 11.7 Å². The summed E-state index contributed by atoms with van der Waals surface area (Å²) in [6.45, 7) is 4.37. The molecule has 0 aromatic heterocycles. The molecule has 1 saturated carbocycles. The quantitative estimate of drug-likeness (QED) is 0.720. The first-order valence-electron chi connectivity index (χ1n) is 6.73. The van der Waals surface area contributed by atoms with Gasteiger partial charge in [0.25, 0.3) is 0 Å². The Morgan fingerprint density at radius 2 is 1.80 bits per heavy atom. The van der Waals surface area contributed by atoms with E-state index in [0.717, 1.165) is 19.5 Å². The van der Waals surface area contributed by atoms with Gasteiger partial charge in [-0.2, -0.15) is 0 Å². The second-order valence-corrected chi connectivity index (χ2v) is 5.23. The van der Waals surface area contributed by atoms with E-state index >= 15 is 0 Å². The molecule has 1 N–H and O–H groups in total. The van der Waals surface area contributed by atoms with E-state index in [1.165, 1.54) is 44.9 Å². The molecule has 0 amide bonds. The molecule has 1 unspecified atom stereocenters. The molecular weight excluding hydrogens is 186 g/mol. The molecule has 2 fully saturated rings. The van der Waals surface area contributed by atoms with Gasteiger partial charge in [0.2, 0.25) is 0 Å². The van der Waals surface area contributed by atoms with Crippen LogP contribution >= 0.6 is 0 Å². The summed E-state index contributed by atoms with van der Waals surface area (Å²) in [7, 11) is 0. The van der Waals surface area contributed by atoms with E-state index in [9.17, 15) is 0 Å². The maximum absolute atomic E-state index is 6.34. The van der Waals surface area contributed by atoms with Gasteiger partial charge in [0, 0.05) is 13.1 Å². The van der Waals surface area contributed by atoms with Gasteiger partial charge in [-0.05, 0) is 19.3 Å². The van der Waals surface area contributed by atoms with Gasteiger partial charge in [-0.1, -0.05) is 39.0 Å². The standard InChI is InChI=1S/C13H25NO/c1-2-12-10-14-11-13(15-12)8-6-4-3-5-7-9-13/h12,14H,2-11H2,1H3. The SMILES string of the molecule is CCC1CNCC2(CCCCCCC2)O1. The van der Waals surface area contributed by atoms with Crippen molar-refractivity contribution in [2.45, 2.75) is 70.0 Å². The lowest BCUT2D eigenvalue weighted by Crippen LogP contribution is -2.53. The van der Waals surface area contributed by atoms with Crippen molar-refractivity contribution in [1.29, 1.82) is 0 Å². The molecule has 1 aliphatic carbocycles. The van der Waals surface area contributed by atoms with Crippen molar-refractivity contribution >= 4 is 0 Å². The summed E-state index contributed by atoms with van der Waals surface area (Å²) in [6, 6.07) is 0. The molecule has 2 nitrogen and oxygen atoms in total. The fourth-order valence-electron chi connectivity index (χ4n) is 2.97. The fourth-order valence-corrected chi connectivity index (χ4v) is 2.97. The van der Waals surface area contributed by atoms with Crippen LogP contribution in [0.4, 0.5) is 0 Å². The van der Waals surface area contributed by atoms with Gasteiger partial charge < -0.3 is 10.1 Å². The van der Waals surface area contributed by atoms with E-state index in [2.05, 4.69) is 12.2 Å². The van der Waals surface area contributed by atoms with Crippen LogP contribution in [0.15, 0.2) is 0 Å². The van der Waals surface area contributed by atoms with E-state index in [4.69, 9.17) is 4.74 Å². The molecule has 1 aliphatic heterocycles. The third-order valence-electron chi connectivity index (χ3n) is 3.96. The number of morpholine rings is 1. The zero-order valence-corrected chi connectivity index (χ0v) is 10.1. The molecule has 0 aromatic carbocycles. The average molecular weight is 211 g/mol. The Balaban J connectivity index is 1.95. The predicted molar refractivity (Wildman–Crippen MR) is 63.1 cm³/mol. The molecule has 2 aliphatic rings. The minimum absolute atomic E-state index is 0.194. The van der Waals surface area contributed by atoms with Gasteiger partial charge in [-0.25, -0.2) is 0 Å². The van der Waals surface area contributed by atoms with Crippen molar-refractivity contribution in [1.82, 2.24) is 5.32 Å². The van der Waals surface area contributed by atoms with Crippen LogP contribution in [-0.2, 0) is 4.74 Å². The molecule has 1 saturated heterocycles. The number of nitrogens with one attached hydrogen (secondary N) is 1. The second kappa shape index (κ2) is 5.31. The van der Waals surface area contributed by atoms with Crippen molar-refractivity contribution in [2.24, 2.45) is 0 Å². The molecular formula is C13H25NO. The van der Waals surface area contributed by atoms with Gasteiger partial charge in [0.15, 0.2) is 0 Å². The van der Waals surface area contributed by atoms with Crippen LogP contribution in [0, 0.1) is 0 Å². The number of hydrogen-bond donors (Lipinski definition) is 1. The van der Waals surface area contributed by atoms with Crippen LogP contribution < -0.4 is 5.32 Å². The summed E-state index contributed by atoms with van der Waals surface area (Å²) < 4.78 is 6.34. The van der Waals surface area contributed by atoms with E-state index in [1.807, 2.05) is 0 Å². The van der Waals surface area contributed by atoms with Crippen molar-refractivity contribution in [3.05, 3.63) is 0 Å². The normalized spacial score (nSPS) is 32.2. The maximum atomic E-state index is 6.34. The molecule has 88 valence electrons. The topological polar surface area (TPSA) is 21.3 Å². The Morgan fingerprint density at radius 1 is 1.13 bits per heavy atom. The molecule has 0 radical (unpaired) electrons. The largest absolute Gasteiger partial charge is 0.369 e. The number of rotatable bonds is 1. The van der Waals surface area contributed by atoms with E-state index < -0.39 is 0 Å². The second-order valence-electron chi connectivity index (χ2n) is 5.23. The molecule has 2 heteroatoms. The van der Waals surface area contributed by atoms with Crippen LogP contribution in [0.2, 0.25) is 0 Å². The first kappa shape index (κ1) is 11.4. The molecule has 1 spiro atoms. The lowest BCUT2D eigenvalue weighted by molar-refractivity contribution is -0.128. The highest BCUT2D eigenvalue weighted by Gasteiger charge is 2.36. The van der Waals surface area contributed by atoms with Crippen LogP contribution in [0.25, 0.3) is 0 Å². The molecule has 0 bridgehead atoms. The third kappa shape index (κ3) is 2.94. The van der Waals surface area contributed by atoms with Crippen LogP contribution in [0.5, 0.6) is 0 Å². The van der Waals surface area contributed by atoms with Gasteiger partial charge >= 0.3 is 0 Å². The van der Waals surface area contributed by atoms with Crippen molar-refractivity contribution < 1.29 is 4.74 Å². The fraction of sp³-hybridized carbons (Fsp3) is 1.00. The molecule has 1 atom stereocenters. The van der Waals surface area contributed by atoms with E-state index in [0.29, 0.717) is 6.10 Å². The highest BCUT2D eigenvalue weighted by atomic mass is 16.5. The monoisotopic (exact) mass is 211 g/mol. The summed E-state index contributed by atoms with van der Waals surface area (Å²) in [4.78, 5) is 0. The van der Waals surface area contributed by atoms with Gasteiger partial charge in [-0.3, -0.25) is 0 Å². The molecule has 2 rings (SSSR count). The van der Waals surface area contributed by atoms with Crippen LogP contribution in [0.3, 0.4) is 0 Å². The first-order chi connectivity index (χ1) is 7.35. The molecule has 0 aromatic rings. The van der Waals surface area contributed by atoms with Crippen molar-refractivity contribution in [3.8, 4) is 0 Å². The summed E-state index contributed by atoms with van der Waals surface area (Å²) in [5.41, 5.74) is 0.194. The Hall–Kier alpha value is -0.0800. The number of hydrogen-bond acceptors (Lipinski definition) is 2. The predicted octanol–water partition coefficient (Wildman–Crippen LogP) is 2.87. The summed E-state index contributed by atoms with van der Waals surface area (Å²) in [5.74, 6) is 0. The van der Waals surface area contributed by atoms with Crippen LogP contribution in [0.1, 0.15) is 58.3 Å². The molecule has 15 heavy (non-hydrogen) atoms.